The number of thiocarbonyl (C=S) groups is 1. The molecule has 0 bridgehead atoms. The van der Waals surface area contributed by atoms with Crippen molar-refractivity contribution < 1.29 is 9.59 Å². The Morgan fingerprint density at radius 2 is 1.36 bits per heavy atom. The van der Waals surface area contributed by atoms with Gasteiger partial charge in [0, 0.05) is 37.3 Å². The highest BCUT2D eigenvalue weighted by Crippen LogP contribution is 2.27. The highest BCUT2D eigenvalue weighted by Gasteiger charge is 2.23. The van der Waals surface area contributed by atoms with Gasteiger partial charge >= 0.3 is 0 Å². The molecule has 1 fully saturated rings. The van der Waals surface area contributed by atoms with Crippen LogP contribution in [0, 0.1) is 0 Å². The molecular formula is C29H26N4O2S. The van der Waals surface area contributed by atoms with Gasteiger partial charge in [0.05, 0.1) is 11.4 Å². The number of para-hydroxylation sites is 2. The number of hydrogen-bond donors (Lipinski definition) is 2. The van der Waals surface area contributed by atoms with Crippen molar-refractivity contribution in [3.05, 3.63) is 108 Å². The molecule has 0 aromatic heterocycles. The summed E-state index contributed by atoms with van der Waals surface area (Å²) in [6, 6.07) is 30.7. The maximum Gasteiger partial charge on any atom is 0.257 e. The van der Waals surface area contributed by atoms with E-state index in [1.165, 1.54) is 0 Å². The molecule has 1 aliphatic rings. The molecule has 0 aliphatic carbocycles. The molecule has 4 aromatic rings. The van der Waals surface area contributed by atoms with Gasteiger partial charge in [0.2, 0.25) is 0 Å². The summed E-state index contributed by atoms with van der Waals surface area (Å²) >= 11 is 5.46. The lowest BCUT2D eigenvalue weighted by Crippen LogP contribution is -2.49. The van der Waals surface area contributed by atoms with Crippen LogP contribution in [-0.4, -0.2) is 48.0 Å². The van der Waals surface area contributed by atoms with Crippen LogP contribution in [0.2, 0.25) is 0 Å². The summed E-state index contributed by atoms with van der Waals surface area (Å²) in [5, 5.41) is 8.28. The minimum atomic E-state index is -0.260. The van der Waals surface area contributed by atoms with E-state index in [-0.39, 0.29) is 16.9 Å². The van der Waals surface area contributed by atoms with Gasteiger partial charge in [-0.15, -0.1) is 0 Å². The number of piperazine rings is 1. The van der Waals surface area contributed by atoms with E-state index in [4.69, 9.17) is 12.2 Å². The first kappa shape index (κ1) is 23.5. The number of fused-ring (bicyclic) bond motifs is 1. The third kappa shape index (κ3) is 5.21. The van der Waals surface area contributed by atoms with Gasteiger partial charge < -0.3 is 15.1 Å². The van der Waals surface area contributed by atoms with E-state index in [9.17, 15) is 9.59 Å². The molecule has 36 heavy (non-hydrogen) atoms. The summed E-state index contributed by atoms with van der Waals surface area (Å²) in [5.41, 5.74) is 3.04. The lowest BCUT2D eigenvalue weighted by Gasteiger charge is -2.37. The van der Waals surface area contributed by atoms with Crippen molar-refractivity contribution in [3.8, 4) is 0 Å². The molecule has 5 rings (SSSR count). The number of nitrogens with zero attached hydrogens (tertiary/aromatic N) is 2. The Kier molecular flexibility index (Phi) is 6.91. The summed E-state index contributed by atoms with van der Waals surface area (Å²) < 4.78 is 0. The Morgan fingerprint density at radius 3 is 2.14 bits per heavy atom. The average Bonchev–Trinajstić information content (AvgIpc) is 2.93. The number of nitrogens with one attached hydrogen (secondary N) is 2. The van der Waals surface area contributed by atoms with E-state index in [1.54, 1.807) is 6.07 Å². The quantitative estimate of drug-likeness (QED) is 0.394. The van der Waals surface area contributed by atoms with Crippen molar-refractivity contribution in [1.82, 2.24) is 10.2 Å². The number of benzene rings is 4. The molecule has 0 unspecified atom stereocenters. The number of hydrogen-bond acceptors (Lipinski definition) is 4. The van der Waals surface area contributed by atoms with Gasteiger partial charge in [-0.05, 0) is 59.4 Å². The van der Waals surface area contributed by atoms with Gasteiger partial charge in [0.25, 0.3) is 11.8 Å². The van der Waals surface area contributed by atoms with Crippen LogP contribution in [0.4, 0.5) is 11.4 Å². The van der Waals surface area contributed by atoms with Crippen molar-refractivity contribution in [2.24, 2.45) is 0 Å². The van der Waals surface area contributed by atoms with E-state index < -0.39 is 0 Å². The molecular weight excluding hydrogens is 468 g/mol. The summed E-state index contributed by atoms with van der Waals surface area (Å²) in [6.07, 6.45) is 0. The first-order chi connectivity index (χ1) is 17.6. The first-order valence-corrected chi connectivity index (χ1v) is 12.3. The van der Waals surface area contributed by atoms with Gasteiger partial charge in [0.1, 0.15) is 0 Å². The predicted octanol–water partition coefficient (Wildman–Crippen LogP) is 4.93. The molecule has 7 heteroatoms. The Labute approximate surface area is 215 Å². The fraction of sp³-hybridized carbons (Fsp3) is 0.138. The molecule has 2 amide bonds. The van der Waals surface area contributed by atoms with Crippen LogP contribution >= 0.6 is 12.2 Å². The monoisotopic (exact) mass is 494 g/mol. The molecule has 180 valence electrons. The number of carbonyl (C=O) groups excluding carboxylic acids is 2. The van der Waals surface area contributed by atoms with E-state index >= 15 is 0 Å². The molecule has 1 heterocycles. The maximum absolute atomic E-state index is 12.8. The topological polar surface area (TPSA) is 64.7 Å². The minimum absolute atomic E-state index is 0.0549. The van der Waals surface area contributed by atoms with E-state index in [0.717, 1.165) is 22.1 Å². The van der Waals surface area contributed by atoms with Gasteiger partial charge in [0.15, 0.2) is 5.11 Å². The molecule has 1 saturated heterocycles. The molecule has 0 spiro atoms. The molecule has 1 aliphatic heterocycles. The maximum atomic E-state index is 12.8. The third-order valence-corrected chi connectivity index (χ3v) is 6.52. The molecule has 0 saturated carbocycles. The lowest BCUT2D eigenvalue weighted by atomic mass is 10.1. The second kappa shape index (κ2) is 10.6. The van der Waals surface area contributed by atoms with Crippen LogP contribution in [0.1, 0.15) is 20.7 Å². The summed E-state index contributed by atoms with van der Waals surface area (Å²) in [7, 11) is 0. The molecule has 4 aromatic carbocycles. The van der Waals surface area contributed by atoms with E-state index in [0.29, 0.717) is 37.3 Å². The summed E-state index contributed by atoms with van der Waals surface area (Å²) in [4.78, 5) is 29.7. The van der Waals surface area contributed by atoms with Gasteiger partial charge in [-0.25, -0.2) is 0 Å². The number of anilines is 2. The zero-order chi connectivity index (χ0) is 24.9. The third-order valence-electron chi connectivity index (χ3n) is 6.32. The SMILES string of the molecule is O=C(NC(=S)Nc1ccccc1N1CCN(C(=O)c2ccccc2)CC1)c1ccc2ccccc2c1. The number of rotatable bonds is 4. The Bertz CT molecular complexity index is 1420. The van der Waals surface area contributed by atoms with Crippen molar-refractivity contribution in [2.75, 3.05) is 36.4 Å². The van der Waals surface area contributed by atoms with Crippen molar-refractivity contribution in [1.29, 1.82) is 0 Å². The van der Waals surface area contributed by atoms with E-state index in [1.807, 2.05) is 95.9 Å². The van der Waals surface area contributed by atoms with Crippen LogP contribution in [0.25, 0.3) is 10.8 Å². The largest absolute Gasteiger partial charge is 0.366 e. The molecule has 0 radical (unpaired) electrons. The van der Waals surface area contributed by atoms with Gasteiger partial charge in [-0.3, -0.25) is 14.9 Å². The van der Waals surface area contributed by atoms with Crippen LogP contribution in [0.15, 0.2) is 97.1 Å². The second-order valence-electron chi connectivity index (χ2n) is 8.63. The Hall–Kier alpha value is -4.23. The van der Waals surface area contributed by atoms with Crippen LogP contribution in [-0.2, 0) is 0 Å². The average molecular weight is 495 g/mol. The number of carbonyl (C=O) groups is 2. The standard InChI is InChI=1S/C29H26N4O2S/c34-27(24-15-14-21-8-4-5-11-23(21)20-24)31-29(36)30-25-12-6-7-13-26(25)32-16-18-33(19-17-32)28(35)22-9-2-1-3-10-22/h1-15,20H,16-19H2,(H2,30,31,34,36). The van der Waals surface area contributed by atoms with Crippen LogP contribution in [0.3, 0.4) is 0 Å². The Balaban J connectivity index is 1.22. The van der Waals surface area contributed by atoms with Crippen molar-refractivity contribution >= 4 is 51.3 Å². The smallest absolute Gasteiger partial charge is 0.257 e. The van der Waals surface area contributed by atoms with E-state index in [2.05, 4.69) is 15.5 Å². The zero-order valence-electron chi connectivity index (χ0n) is 19.7. The predicted molar refractivity (Wildman–Crippen MR) is 149 cm³/mol. The zero-order valence-corrected chi connectivity index (χ0v) is 20.5. The molecule has 0 atom stereocenters. The highest BCUT2D eigenvalue weighted by atomic mass is 32.1. The first-order valence-electron chi connectivity index (χ1n) is 11.9. The van der Waals surface area contributed by atoms with Gasteiger partial charge in [-0.1, -0.05) is 60.7 Å². The van der Waals surface area contributed by atoms with Crippen molar-refractivity contribution in [2.45, 2.75) is 0 Å². The summed E-state index contributed by atoms with van der Waals surface area (Å²) in [5.74, 6) is -0.206. The fourth-order valence-corrected chi connectivity index (χ4v) is 4.63. The van der Waals surface area contributed by atoms with Crippen molar-refractivity contribution in [3.63, 3.8) is 0 Å². The molecule has 6 nitrogen and oxygen atoms in total. The van der Waals surface area contributed by atoms with Gasteiger partial charge in [-0.2, -0.15) is 0 Å². The fourth-order valence-electron chi connectivity index (χ4n) is 4.43. The van der Waals surface area contributed by atoms with Crippen LogP contribution in [0.5, 0.6) is 0 Å². The summed E-state index contributed by atoms with van der Waals surface area (Å²) in [6.45, 7) is 2.66. The Morgan fingerprint density at radius 1 is 0.694 bits per heavy atom. The normalized spacial score (nSPS) is 13.3. The number of amides is 2. The minimum Gasteiger partial charge on any atom is -0.366 e. The second-order valence-corrected chi connectivity index (χ2v) is 9.04. The lowest BCUT2D eigenvalue weighted by molar-refractivity contribution is 0.0746. The molecule has 2 N–H and O–H groups in total. The highest BCUT2D eigenvalue weighted by molar-refractivity contribution is 7.80. The van der Waals surface area contributed by atoms with Crippen LogP contribution < -0.4 is 15.5 Å².